The molecule has 9 nitrogen and oxygen atoms in total. The molecule has 5 atom stereocenters. The first-order valence-electron chi connectivity index (χ1n) is 6.66. The molecule has 9 heteroatoms. The summed E-state index contributed by atoms with van der Waals surface area (Å²) in [6, 6.07) is -0.801. The van der Waals surface area contributed by atoms with Crippen LogP contribution < -0.4 is 5.32 Å². The van der Waals surface area contributed by atoms with Crippen LogP contribution in [0.4, 0.5) is 0 Å². The van der Waals surface area contributed by atoms with Gasteiger partial charge >= 0.3 is 0 Å². The van der Waals surface area contributed by atoms with Gasteiger partial charge < -0.3 is 30.5 Å². The molecular formula is C11H22N4O5. The molecule has 1 aliphatic heterocycles. The lowest BCUT2D eigenvalue weighted by Gasteiger charge is -2.40. The summed E-state index contributed by atoms with van der Waals surface area (Å²) >= 11 is 0. The van der Waals surface area contributed by atoms with Crippen molar-refractivity contribution in [3.63, 3.8) is 0 Å². The maximum Gasteiger partial charge on any atom is 0.173 e. The molecule has 0 amide bonds. The zero-order valence-electron chi connectivity index (χ0n) is 11.2. The van der Waals surface area contributed by atoms with Gasteiger partial charge in [0.05, 0.1) is 12.6 Å². The molecule has 1 heterocycles. The van der Waals surface area contributed by atoms with Gasteiger partial charge in [0.1, 0.15) is 18.3 Å². The van der Waals surface area contributed by atoms with E-state index < -0.39 is 37.3 Å². The average Bonchev–Trinajstić information content (AvgIpc) is 2.45. The maximum atomic E-state index is 9.86. The number of ether oxygens (including phenoxy) is 1. The summed E-state index contributed by atoms with van der Waals surface area (Å²) < 4.78 is 5.02. The topological polar surface area (TPSA) is 151 Å². The monoisotopic (exact) mass is 290 g/mol. The van der Waals surface area contributed by atoms with Crippen molar-refractivity contribution in [3.8, 4) is 0 Å². The molecule has 116 valence electrons. The minimum Gasteiger partial charge on any atom is -0.394 e. The van der Waals surface area contributed by atoms with Gasteiger partial charge in [-0.1, -0.05) is 11.5 Å². The molecule has 1 aliphatic rings. The van der Waals surface area contributed by atoms with Gasteiger partial charge in [0.2, 0.25) is 0 Å². The minimum absolute atomic E-state index is 0.450. The molecule has 20 heavy (non-hydrogen) atoms. The average molecular weight is 290 g/mol. The smallest absolute Gasteiger partial charge is 0.173 e. The quantitative estimate of drug-likeness (QED) is 0.165. The molecule has 0 bridgehead atoms. The molecule has 0 aromatic rings. The third kappa shape index (κ3) is 4.88. The fourth-order valence-corrected chi connectivity index (χ4v) is 2.12. The molecule has 0 aromatic carbocycles. The van der Waals surface area contributed by atoms with Crippen molar-refractivity contribution < 1.29 is 25.2 Å². The Hall–Kier alpha value is -0.930. The predicted octanol–water partition coefficient (Wildman–Crippen LogP) is -1.14. The Labute approximate surface area is 116 Å². The SMILES string of the molecule is [N-]=[N+]=NCCCCCN[C@@H]1C(O)O[C@H](CO)[C@@H](O)[C@@H]1O. The Balaban J connectivity index is 2.27. The van der Waals surface area contributed by atoms with E-state index in [1.807, 2.05) is 0 Å². The van der Waals surface area contributed by atoms with Crippen molar-refractivity contribution >= 4 is 0 Å². The predicted molar refractivity (Wildman–Crippen MR) is 69.6 cm³/mol. The molecule has 0 aromatic heterocycles. The van der Waals surface area contributed by atoms with Crippen LogP contribution in [0.2, 0.25) is 0 Å². The van der Waals surface area contributed by atoms with Gasteiger partial charge in [-0.25, -0.2) is 0 Å². The molecule has 1 saturated heterocycles. The van der Waals surface area contributed by atoms with E-state index in [2.05, 4.69) is 15.3 Å². The Morgan fingerprint density at radius 1 is 1.15 bits per heavy atom. The summed E-state index contributed by atoms with van der Waals surface area (Å²) in [4.78, 5) is 2.65. The van der Waals surface area contributed by atoms with E-state index in [0.717, 1.165) is 19.3 Å². The number of rotatable bonds is 8. The first-order chi connectivity index (χ1) is 9.61. The molecule has 0 aliphatic carbocycles. The van der Waals surface area contributed by atoms with Gasteiger partial charge in [-0.3, -0.25) is 0 Å². The molecule has 1 fully saturated rings. The van der Waals surface area contributed by atoms with Gasteiger partial charge in [-0.15, -0.1) is 0 Å². The van der Waals surface area contributed by atoms with E-state index in [1.165, 1.54) is 0 Å². The van der Waals surface area contributed by atoms with Crippen LogP contribution in [0, 0.1) is 0 Å². The second-order valence-corrected chi connectivity index (χ2v) is 4.72. The summed E-state index contributed by atoms with van der Waals surface area (Å²) in [5.74, 6) is 0. The van der Waals surface area contributed by atoms with Crippen LogP contribution in [0.3, 0.4) is 0 Å². The van der Waals surface area contributed by atoms with Crippen LogP contribution in [0.1, 0.15) is 19.3 Å². The summed E-state index contributed by atoms with van der Waals surface area (Å²) in [6.07, 6.45) is -2.34. The highest BCUT2D eigenvalue weighted by atomic mass is 16.6. The van der Waals surface area contributed by atoms with E-state index >= 15 is 0 Å². The Bertz CT molecular complexity index is 326. The first kappa shape index (κ1) is 17.1. The van der Waals surface area contributed by atoms with Crippen LogP contribution in [0.25, 0.3) is 10.4 Å². The van der Waals surface area contributed by atoms with Gasteiger partial charge in [-0.2, -0.15) is 0 Å². The van der Waals surface area contributed by atoms with Crippen molar-refractivity contribution in [2.24, 2.45) is 5.11 Å². The number of azide groups is 1. The Kier molecular flexibility index (Phi) is 7.78. The van der Waals surface area contributed by atoms with Crippen molar-refractivity contribution in [3.05, 3.63) is 10.4 Å². The molecule has 5 N–H and O–H groups in total. The number of nitrogens with one attached hydrogen (secondary N) is 1. The summed E-state index contributed by atoms with van der Waals surface area (Å²) in [6.45, 7) is 0.502. The van der Waals surface area contributed by atoms with Gasteiger partial charge in [0, 0.05) is 11.5 Å². The lowest BCUT2D eigenvalue weighted by Crippen LogP contribution is -2.63. The number of aliphatic hydroxyl groups is 4. The summed E-state index contributed by atoms with van der Waals surface area (Å²) in [5, 5.41) is 44.5. The lowest BCUT2D eigenvalue weighted by molar-refractivity contribution is -0.254. The summed E-state index contributed by atoms with van der Waals surface area (Å²) in [5.41, 5.74) is 8.10. The maximum absolute atomic E-state index is 9.86. The lowest BCUT2D eigenvalue weighted by atomic mass is 9.97. The highest BCUT2D eigenvalue weighted by molar-refractivity contribution is 4.92. The van der Waals surface area contributed by atoms with E-state index in [1.54, 1.807) is 0 Å². The molecular weight excluding hydrogens is 268 g/mol. The third-order valence-electron chi connectivity index (χ3n) is 3.28. The zero-order chi connectivity index (χ0) is 15.0. The minimum atomic E-state index is -1.28. The van der Waals surface area contributed by atoms with Crippen molar-refractivity contribution in [1.29, 1.82) is 0 Å². The van der Waals surface area contributed by atoms with E-state index in [0.29, 0.717) is 13.1 Å². The second kappa shape index (κ2) is 9.09. The van der Waals surface area contributed by atoms with Gasteiger partial charge in [0.25, 0.3) is 0 Å². The number of aliphatic hydroxyl groups excluding tert-OH is 4. The standard InChI is InChI=1S/C11H22N4O5/c12-15-14-5-3-1-2-4-13-8-10(18)9(17)7(6-16)20-11(8)19/h7-11,13,16-19H,1-6H2/t7-,8+,9-,10-,11?/m1/s1. The third-order valence-corrected chi connectivity index (χ3v) is 3.28. The number of nitrogens with zero attached hydrogens (tertiary/aromatic N) is 3. The number of hydrogen-bond acceptors (Lipinski definition) is 7. The zero-order valence-corrected chi connectivity index (χ0v) is 11.2. The van der Waals surface area contributed by atoms with E-state index in [-0.39, 0.29) is 0 Å². The fraction of sp³-hybridized carbons (Fsp3) is 1.00. The van der Waals surface area contributed by atoms with Crippen molar-refractivity contribution in [2.45, 2.75) is 49.9 Å². The van der Waals surface area contributed by atoms with Crippen LogP contribution >= 0.6 is 0 Å². The number of unbranched alkanes of at least 4 members (excludes halogenated alkanes) is 2. The molecule has 1 rings (SSSR count). The highest BCUT2D eigenvalue weighted by Gasteiger charge is 2.43. The summed E-state index contributed by atoms with van der Waals surface area (Å²) in [7, 11) is 0. The van der Waals surface area contributed by atoms with Crippen LogP contribution in [-0.4, -0.2) is 70.8 Å². The number of hydrogen-bond donors (Lipinski definition) is 5. The Morgan fingerprint density at radius 2 is 1.90 bits per heavy atom. The molecule has 0 radical (unpaired) electrons. The van der Waals surface area contributed by atoms with Gasteiger partial charge in [-0.05, 0) is 24.9 Å². The van der Waals surface area contributed by atoms with E-state index in [9.17, 15) is 15.3 Å². The highest BCUT2D eigenvalue weighted by Crippen LogP contribution is 2.19. The molecule has 1 unspecified atom stereocenters. The van der Waals surface area contributed by atoms with E-state index in [4.69, 9.17) is 15.4 Å². The molecule has 0 saturated carbocycles. The largest absolute Gasteiger partial charge is 0.394 e. The fourth-order valence-electron chi connectivity index (χ4n) is 2.12. The first-order valence-corrected chi connectivity index (χ1v) is 6.66. The molecule has 0 spiro atoms. The van der Waals surface area contributed by atoms with Crippen LogP contribution in [-0.2, 0) is 4.74 Å². The second-order valence-electron chi connectivity index (χ2n) is 4.72. The normalized spacial score (nSPS) is 33.7. The Morgan fingerprint density at radius 3 is 2.55 bits per heavy atom. The van der Waals surface area contributed by atoms with Gasteiger partial charge in [0.15, 0.2) is 6.29 Å². The van der Waals surface area contributed by atoms with Crippen molar-refractivity contribution in [1.82, 2.24) is 5.32 Å². The van der Waals surface area contributed by atoms with Crippen LogP contribution in [0.15, 0.2) is 5.11 Å². The van der Waals surface area contributed by atoms with Crippen molar-refractivity contribution in [2.75, 3.05) is 19.7 Å². The van der Waals surface area contributed by atoms with Crippen LogP contribution in [0.5, 0.6) is 0 Å².